The molecule has 0 aliphatic rings. The van der Waals surface area contributed by atoms with E-state index in [1.807, 2.05) is 23.9 Å². The lowest BCUT2D eigenvalue weighted by Crippen LogP contribution is -1.93. The van der Waals surface area contributed by atoms with Crippen molar-refractivity contribution in [2.45, 2.75) is 17.6 Å². The Morgan fingerprint density at radius 1 is 1.12 bits per heavy atom. The van der Waals surface area contributed by atoms with Crippen LogP contribution < -0.4 is 5.73 Å². The fraction of sp³-hybridized carbons (Fsp3) is 0.143. The van der Waals surface area contributed by atoms with Crippen LogP contribution in [0.3, 0.4) is 0 Å². The van der Waals surface area contributed by atoms with Crippen molar-refractivity contribution in [3.05, 3.63) is 58.1 Å². The standard InChI is InChI=1S/C14H14BrNS/c1-10-11(3-2-4-14(10)16)9-17-13-7-5-12(15)6-8-13/h2-8H,9,16H2,1H3. The van der Waals surface area contributed by atoms with E-state index in [0.717, 1.165) is 15.9 Å². The van der Waals surface area contributed by atoms with Gasteiger partial charge in [0.15, 0.2) is 0 Å². The number of rotatable bonds is 3. The van der Waals surface area contributed by atoms with Gasteiger partial charge in [0.25, 0.3) is 0 Å². The van der Waals surface area contributed by atoms with Crippen LogP contribution in [-0.4, -0.2) is 0 Å². The van der Waals surface area contributed by atoms with Crippen LogP contribution in [0.1, 0.15) is 11.1 Å². The molecule has 0 radical (unpaired) electrons. The van der Waals surface area contributed by atoms with Gasteiger partial charge >= 0.3 is 0 Å². The summed E-state index contributed by atoms with van der Waals surface area (Å²) >= 11 is 5.27. The predicted octanol–water partition coefficient (Wildman–Crippen LogP) is 4.63. The second-order valence-electron chi connectivity index (χ2n) is 3.87. The number of hydrogen-bond acceptors (Lipinski definition) is 2. The fourth-order valence-electron chi connectivity index (χ4n) is 1.55. The number of halogens is 1. The van der Waals surface area contributed by atoms with Crippen LogP contribution in [-0.2, 0) is 5.75 Å². The summed E-state index contributed by atoms with van der Waals surface area (Å²) < 4.78 is 1.11. The van der Waals surface area contributed by atoms with Gasteiger partial charge in [0.2, 0.25) is 0 Å². The lowest BCUT2D eigenvalue weighted by Gasteiger charge is -2.08. The molecule has 0 spiro atoms. The zero-order valence-corrected chi connectivity index (χ0v) is 12.0. The van der Waals surface area contributed by atoms with Crippen molar-refractivity contribution in [1.29, 1.82) is 0 Å². The summed E-state index contributed by atoms with van der Waals surface area (Å²) in [6.07, 6.45) is 0. The number of benzene rings is 2. The predicted molar refractivity (Wildman–Crippen MR) is 79.3 cm³/mol. The maximum absolute atomic E-state index is 5.89. The van der Waals surface area contributed by atoms with Crippen molar-refractivity contribution in [2.75, 3.05) is 5.73 Å². The van der Waals surface area contributed by atoms with Gasteiger partial charge in [0.1, 0.15) is 0 Å². The van der Waals surface area contributed by atoms with Gasteiger partial charge in [0, 0.05) is 20.8 Å². The van der Waals surface area contributed by atoms with Gasteiger partial charge in [-0.3, -0.25) is 0 Å². The Balaban J connectivity index is 2.07. The average Bonchev–Trinajstić information content (AvgIpc) is 2.33. The molecule has 0 aliphatic carbocycles. The largest absolute Gasteiger partial charge is 0.399 e. The van der Waals surface area contributed by atoms with Crippen molar-refractivity contribution in [3.63, 3.8) is 0 Å². The van der Waals surface area contributed by atoms with Gasteiger partial charge < -0.3 is 5.73 Å². The number of nitrogens with two attached hydrogens (primary N) is 1. The molecule has 0 atom stereocenters. The first kappa shape index (κ1) is 12.5. The van der Waals surface area contributed by atoms with Crippen LogP contribution in [0.2, 0.25) is 0 Å². The molecule has 0 aliphatic heterocycles. The molecule has 2 N–H and O–H groups in total. The molecular weight excluding hydrogens is 294 g/mol. The van der Waals surface area contributed by atoms with Crippen molar-refractivity contribution >= 4 is 33.4 Å². The van der Waals surface area contributed by atoms with Gasteiger partial charge in [-0.2, -0.15) is 0 Å². The van der Waals surface area contributed by atoms with Gasteiger partial charge in [-0.1, -0.05) is 28.1 Å². The highest BCUT2D eigenvalue weighted by Crippen LogP contribution is 2.27. The van der Waals surface area contributed by atoms with Crippen LogP contribution in [0.15, 0.2) is 51.8 Å². The SMILES string of the molecule is Cc1c(N)cccc1CSc1ccc(Br)cc1. The van der Waals surface area contributed by atoms with Crippen LogP contribution >= 0.6 is 27.7 Å². The van der Waals surface area contributed by atoms with E-state index in [-0.39, 0.29) is 0 Å². The first-order chi connectivity index (χ1) is 8.16. The van der Waals surface area contributed by atoms with Crippen LogP contribution in [0.5, 0.6) is 0 Å². The second-order valence-corrected chi connectivity index (χ2v) is 5.84. The third kappa shape index (κ3) is 3.27. The van der Waals surface area contributed by atoms with Crippen LogP contribution in [0.25, 0.3) is 0 Å². The smallest absolute Gasteiger partial charge is 0.0346 e. The number of nitrogen functional groups attached to an aromatic ring is 1. The van der Waals surface area contributed by atoms with Crippen molar-refractivity contribution < 1.29 is 0 Å². The lowest BCUT2D eigenvalue weighted by atomic mass is 10.1. The minimum absolute atomic E-state index is 0.874. The molecule has 17 heavy (non-hydrogen) atoms. The van der Waals surface area contributed by atoms with Gasteiger partial charge in [-0.25, -0.2) is 0 Å². The lowest BCUT2D eigenvalue weighted by molar-refractivity contribution is 1.30. The first-order valence-corrected chi connectivity index (χ1v) is 7.17. The number of hydrogen-bond donors (Lipinski definition) is 1. The molecule has 0 amide bonds. The summed E-state index contributed by atoms with van der Waals surface area (Å²) in [6.45, 7) is 2.08. The maximum Gasteiger partial charge on any atom is 0.0346 e. The summed E-state index contributed by atoms with van der Waals surface area (Å²) in [6, 6.07) is 14.5. The van der Waals surface area contributed by atoms with Crippen molar-refractivity contribution in [1.82, 2.24) is 0 Å². The Morgan fingerprint density at radius 3 is 2.53 bits per heavy atom. The number of anilines is 1. The summed E-state index contributed by atoms with van der Waals surface area (Å²) in [7, 11) is 0. The molecule has 0 bridgehead atoms. The zero-order chi connectivity index (χ0) is 12.3. The number of thioether (sulfide) groups is 1. The molecule has 0 saturated carbocycles. The van der Waals surface area contributed by atoms with Crippen LogP contribution in [0, 0.1) is 6.92 Å². The third-order valence-corrected chi connectivity index (χ3v) is 4.29. The topological polar surface area (TPSA) is 26.0 Å². The highest BCUT2D eigenvalue weighted by molar-refractivity contribution is 9.10. The molecule has 2 aromatic rings. The van der Waals surface area contributed by atoms with E-state index in [1.54, 1.807) is 0 Å². The highest BCUT2D eigenvalue weighted by atomic mass is 79.9. The molecule has 3 heteroatoms. The molecule has 2 aromatic carbocycles. The summed E-state index contributed by atoms with van der Waals surface area (Å²) in [5.41, 5.74) is 9.26. The van der Waals surface area contributed by atoms with Gasteiger partial charge in [0.05, 0.1) is 0 Å². The Morgan fingerprint density at radius 2 is 1.82 bits per heavy atom. The average molecular weight is 308 g/mol. The first-order valence-electron chi connectivity index (χ1n) is 5.39. The Bertz CT molecular complexity index is 508. The molecule has 0 heterocycles. The van der Waals surface area contributed by atoms with Crippen molar-refractivity contribution in [2.24, 2.45) is 0 Å². The maximum atomic E-state index is 5.89. The zero-order valence-electron chi connectivity index (χ0n) is 9.61. The monoisotopic (exact) mass is 307 g/mol. The van der Waals surface area contributed by atoms with E-state index in [2.05, 4.69) is 53.2 Å². The van der Waals surface area contributed by atoms with Gasteiger partial charge in [-0.05, 0) is 48.4 Å². The van der Waals surface area contributed by atoms with E-state index in [9.17, 15) is 0 Å². The van der Waals surface area contributed by atoms with Crippen molar-refractivity contribution in [3.8, 4) is 0 Å². The molecule has 0 unspecified atom stereocenters. The molecule has 0 aromatic heterocycles. The molecule has 88 valence electrons. The molecule has 1 nitrogen and oxygen atoms in total. The van der Waals surface area contributed by atoms with E-state index < -0.39 is 0 Å². The molecule has 0 saturated heterocycles. The van der Waals surface area contributed by atoms with E-state index in [1.165, 1.54) is 16.0 Å². The summed E-state index contributed by atoms with van der Waals surface area (Å²) in [5.74, 6) is 0.957. The quantitative estimate of drug-likeness (QED) is 0.661. The Labute approximate surface area is 115 Å². The van der Waals surface area contributed by atoms with E-state index in [0.29, 0.717) is 0 Å². The van der Waals surface area contributed by atoms with Crippen LogP contribution in [0.4, 0.5) is 5.69 Å². The van der Waals surface area contributed by atoms with Gasteiger partial charge in [-0.15, -0.1) is 11.8 Å². The minimum Gasteiger partial charge on any atom is -0.399 e. The third-order valence-electron chi connectivity index (χ3n) is 2.70. The fourth-order valence-corrected chi connectivity index (χ4v) is 2.78. The molecule has 0 fully saturated rings. The van der Waals surface area contributed by atoms with E-state index in [4.69, 9.17) is 5.73 Å². The minimum atomic E-state index is 0.874. The summed E-state index contributed by atoms with van der Waals surface area (Å²) in [5, 5.41) is 0. The normalized spacial score (nSPS) is 10.5. The summed E-state index contributed by atoms with van der Waals surface area (Å²) in [4.78, 5) is 1.27. The highest BCUT2D eigenvalue weighted by Gasteiger charge is 2.02. The Hall–Kier alpha value is -0.930. The molecule has 2 rings (SSSR count). The molecular formula is C14H14BrNS. The second kappa shape index (κ2) is 5.61. The van der Waals surface area contributed by atoms with E-state index >= 15 is 0 Å². The Kier molecular flexibility index (Phi) is 4.13.